The zero-order valence-corrected chi connectivity index (χ0v) is 13.6. The number of amides is 1. The van der Waals surface area contributed by atoms with Crippen molar-refractivity contribution in [2.45, 2.75) is 32.2 Å². The molecule has 1 unspecified atom stereocenters. The highest BCUT2D eigenvalue weighted by atomic mass is 16.2. The molecule has 1 amide bonds. The maximum absolute atomic E-state index is 12.7. The summed E-state index contributed by atoms with van der Waals surface area (Å²) in [6.07, 6.45) is 3.10. The van der Waals surface area contributed by atoms with Crippen LogP contribution in [0.4, 0.5) is 0 Å². The summed E-state index contributed by atoms with van der Waals surface area (Å²) in [6.45, 7) is 2.75. The zero-order valence-electron chi connectivity index (χ0n) is 13.6. The van der Waals surface area contributed by atoms with Gasteiger partial charge in [0.05, 0.1) is 5.39 Å². The summed E-state index contributed by atoms with van der Waals surface area (Å²) in [5.74, 6) is -0.146. The van der Waals surface area contributed by atoms with Crippen molar-refractivity contribution < 1.29 is 4.79 Å². The molecule has 0 spiro atoms. The Kier molecular flexibility index (Phi) is 3.79. The van der Waals surface area contributed by atoms with E-state index < -0.39 is 11.2 Å². The molecule has 0 aliphatic carbocycles. The lowest BCUT2D eigenvalue weighted by Gasteiger charge is -2.33. The summed E-state index contributed by atoms with van der Waals surface area (Å²) in [5, 5.41) is 0.331. The van der Waals surface area contributed by atoms with Crippen LogP contribution in [0.25, 0.3) is 11.0 Å². The quantitative estimate of drug-likeness (QED) is 0.774. The topological polar surface area (TPSA) is 77.2 Å². The van der Waals surface area contributed by atoms with Gasteiger partial charge in [0.25, 0.3) is 11.5 Å². The molecule has 2 aromatic heterocycles. The largest absolute Gasteiger partial charge is 0.335 e. The molecule has 0 bridgehead atoms. The second kappa shape index (κ2) is 5.64. The van der Waals surface area contributed by atoms with Gasteiger partial charge < -0.3 is 4.90 Å². The fourth-order valence-electron chi connectivity index (χ4n) is 3.12. The Hall–Kier alpha value is -2.44. The Morgan fingerprint density at radius 2 is 1.91 bits per heavy atom. The number of hydrogen-bond acceptors (Lipinski definition) is 4. The van der Waals surface area contributed by atoms with Crippen LogP contribution in [-0.2, 0) is 14.1 Å². The summed E-state index contributed by atoms with van der Waals surface area (Å²) in [5.41, 5.74) is -0.338. The second-order valence-corrected chi connectivity index (χ2v) is 6.12. The molecule has 2 aromatic rings. The van der Waals surface area contributed by atoms with Crippen molar-refractivity contribution in [2.75, 3.05) is 6.54 Å². The second-order valence-electron chi connectivity index (χ2n) is 6.12. The number of aromatic nitrogens is 3. The normalized spacial score (nSPS) is 18.4. The number of rotatable bonds is 1. The number of nitrogens with zero attached hydrogens (tertiary/aromatic N) is 4. The third-order valence-electron chi connectivity index (χ3n) is 4.58. The van der Waals surface area contributed by atoms with E-state index in [-0.39, 0.29) is 23.3 Å². The standard InChI is InChI=1S/C16H20N4O3/c1-10-6-4-5-9-20(10)15(22)12-8-7-11-13(17-12)18(2)16(23)19(3)14(11)21/h7-8,10H,4-6,9H2,1-3H3. The predicted molar refractivity (Wildman–Crippen MR) is 86.6 cm³/mol. The van der Waals surface area contributed by atoms with Crippen molar-refractivity contribution >= 4 is 16.9 Å². The van der Waals surface area contributed by atoms with Crippen molar-refractivity contribution in [1.82, 2.24) is 19.0 Å². The van der Waals surface area contributed by atoms with Crippen LogP contribution in [0.5, 0.6) is 0 Å². The number of fused-ring (bicyclic) bond motifs is 1. The van der Waals surface area contributed by atoms with Crippen LogP contribution in [0.1, 0.15) is 36.7 Å². The van der Waals surface area contributed by atoms with Crippen LogP contribution in [0.2, 0.25) is 0 Å². The molecule has 7 heteroatoms. The van der Waals surface area contributed by atoms with Gasteiger partial charge in [-0.15, -0.1) is 0 Å². The van der Waals surface area contributed by atoms with E-state index in [1.807, 2.05) is 11.8 Å². The number of aryl methyl sites for hydroxylation is 1. The minimum atomic E-state index is -0.453. The van der Waals surface area contributed by atoms with E-state index in [9.17, 15) is 14.4 Å². The first-order valence-electron chi connectivity index (χ1n) is 7.79. The van der Waals surface area contributed by atoms with E-state index in [2.05, 4.69) is 4.98 Å². The predicted octanol–water partition coefficient (Wildman–Crippen LogP) is 0.647. The van der Waals surface area contributed by atoms with Gasteiger partial charge in [0, 0.05) is 26.7 Å². The third-order valence-corrected chi connectivity index (χ3v) is 4.58. The van der Waals surface area contributed by atoms with E-state index >= 15 is 0 Å². The molecule has 0 saturated carbocycles. The van der Waals surface area contributed by atoms with Gasteiger partial charge in [-0.25, -0.2) is 9.78 Å². The van der Waals surface area contributed by atoms with Crippen LogP contribution < -0.4 is 11.2 Å². The molecule has 1 saturated heterocycles. The van der Waals surface area contributed by atoms with Gasteiger partial charge in [0.15, 0.2) is 0 Å². The van der Waals surface area contributed by atoms with Gasteiger partial charge in [-0.3, -0.25) is 18.7 Å². The molecule has 23 heavy (non-hydrogen) atoms. The average molecular weight is 316 g/mol. The fraction of sp³-hybridized carbons (Fsp3) is 0.500. The Bertz CT molecular complexity index is 897. The molecule has 1 fully saturated rings. The Balaban J connectivity index is 2.12. The van der Waals surface area contributed by atoms with Gasteiger partial charge in [-0.05, 0) is 38.3 Å². The number of hydrogen-bond donors (Lipinski definition) is 0. The van der Waals surface area contributed by atoms with E-state index in [0.717, 1.165) is 30.4 Å². The van der Waals surface area contributed by atoms with Crippen molar-refractivity contribution in [3.05, 3.63) is 38.7 Å². The molecule has 0 aromatic carbocycles. The van der Waals surface area contributed by atoms with Crippen LogP contribution in [0, 0.1) is 0 Å². The van der Waals surface area contributed by atoms with Crippen LogP contribution in [0.15, 0.2) is 21.7 Å². The number of carbonyl (C=O) groups is 1. The lowest BCUT2D eigenvalue weighted by molar-refractivity contribution is 0.0630. The lowest BCUT2D eigenvalue weighted by atomic mass is 10.0. The van der Waals surface area contributed by atoms with Gasteiger partial charge in [-0.2, -0.15) is 0 Å². The molecule has 1 aliphatic heterocycles. The van der Waals surface area contributed by atoms with Crippen molar-refractivity contribution in [1.29, 1.82) is 0 Å². The average Bonchev–Trinajstić information content (AvgIpc) is 2.57. The first-order valence-corrected chi connectivity index (χ1v) is 7.79. The Morgan fingerprint density at radius 3 is 2.61 bits per heavy atom. The van der Waals surface area contributed by atoms with E-state index in [0.29, 0.717) is 5.39 Å². The maximum Gasteiger partial charge on any atom is 0.332 e. The smallest absolute Gasteiger partial charge is 0.332 e. The molecule has 0 N–H and O–H groups in total. The fourth-order valence-corrected chi connectivity index (χ4v) is 3.12. The molecule has 122 valence electrons. The summed E-state index contributed by atoms with van der Waals surface area (Å²) >= 11 is 0. The summed E-state index contributed by atoms with van der Waals surface area (Å²) in [4.78, 5) is 43.0. The number of carbonyl (C=O) groups excluding carboxylic acids is 1. The Labute approximate surface area is 133 Å². The van der Waals surface area contributed by atoms with E-state index in [1.165, 1.54) is 11.6 Å². The highest BCUT2D eigenvalue weighted by Gasteiger charge is 2.25. The highest BCUT2D eigenvalue weighted by molar-refractivity contribution is 5.94. The van der Waals surface area contributed by atoms with Crippen molar-refractivity contribution in [3.63, 3.8) is 0 Å². The van der Waals surface area contributed by atoms with E-state index in [1.54, 1.807) is 19.2 Å². The maximum atomic E-state index is 12.7. The number of piperidine rings is 1. The molecule has 3 heterocycles. The zero-order chi connectivity index (χ0) is 16.7. The van der Waals surface area contributed by atoms with Gasteiger partial charge in [0.1, 0.15) is 11.3 Å². The summed E-state index contributed by atoms with van der Waals surface area (Å²) in [7, 11) is 2.98. The third kappa shape index (κ3) is 2.46. The molecule has 1 atom stereocenters. The molecular formula is C16H20N4O3. The van der Waals surface area contributed by atoms with Crippen LogP contribution >= 0.6 is 0 Å². The monoisotopic (exact) mass is 316 g/mol. The van der Waals surface area contributed by atoms with Gasteiger partial charge in [0.2, 0.25) is 0 Å². The van der Waals surface area contributed by atoms with Crippen LogP contribution in [0.3, 0.4) is 0 Å². The van der Waals surface area contributed by atoms with Crippen molar-refractivity contribution in [2.24, 2.45) is 14.1 Å². The molecule has 7 nitrogen and oxygen atoms in total. The first kappa shape index (κ1) is 15.5. The van der Waals surface area contributed by atoms with Crippen LogP contribution in [-0.4, -0.2) is 37.5 Å². The number of pyridine rings is 1. The van der Waals surface area contributed by atoms with Gasteiger partial charge in [-0.1, -0.05) is 0 Å². The van der Waals surface area contributed by atoms with E-state index in [4.69, 9.17) is 0 Å². The summed E-state index contributed by atoms with van der Waals surface area (Å²) in [6, 6.07) is 3.32. The SMILES string of the molecule is CC1CCCCN1C(=O)c1ccc2c(=O)n(C)c(=O)n(C)c2n1. The molecule has 0 radical (unpaired) electrons. The first-order chi connectivity index (χ1) is 10.9. The van der Waals surface area contributed by atoms with Gasteiger partial charge >= 0.3 is 5.69 Å². The van der Waals surface area contributed by atoms with Crippen molar-refractivity contribution in [3.8, 4) is 0 Å². The molecule has 3 rings (SSSR count). The minimum absolute atomic E-state index is 0.146. The Morgan fingerprint density at radius 1 is 1.17 bits per heavy atom. The minimum Gasteiger partial charge on any atom is -0.335 e. The summed E-state index contributed by atoms with van der Waals surface area (Å²) < 4.78 is 2.34. The molecule has 1 aliphatic rings. The highest BCUT2D eigenvalue weighted by Crippen LogP contribution is 2.19. The number of likely N-dealkylation sites (tertiary alicyclic amines) is 1. The lowest BCUT2D eigenvalue weighted by Crippen LogP contribution is -2.42. The molecular weight excluding hydrogens is 296 g/mol.